The summed E-state index contributed by atoms with van der Waals surface area (Å²) in [5.41, 5.74) is 3.23. The first-order chi connectivity index (χ1) is 16.3. The van der Waals surface area contributed by atoms with Crippen LogP contribution in [0.5, 0.6) is 5.88 Å². The molecular formula is C24H19Cl2N5O3. The maximum atomic E-state index is 13.8. The summed E-state index contributed by atoms with van der Waals surface area (Å²) in [6.45, 7) is 1.78. The lowest BCUT2D eigenvalue weighted by molar-refractivity contribution is 0.0992. The normalized spacial score (nSPS) is 15.0. The molecule has 0 unspecified atom stereocenters. The number of amides is 1. The Morgan fingerprint density at radius 1 is 1.09 bits per heavy atom. The second kappa shape index (κ2) is 8.30. The summed E-state index contributed by atoms with van der Waals surface area (Å²) in [5.74, 6) is 0.120. The van der Waals surface area contributed by atoms with Gasteiger partial charge in [-0.25, -0.2) is 9.67 Å². The van der Waals surface area contributed by atoms with Gasteiger partial charge in [0, 0.05) is 24.5 Å². The molecule has 0 aliphatic carbocycles. The van der Waals surface area contributed by atoms with Crippen LogP contribution >= 0.6 is 23.2 Å². The van der Waals surface area contributed by atoms with Crippen LogP contribution in [-0.2, 0) is 7.05 Å². The largest absolute Gasteiger partial charge is 0.479 e. The average molecular weight is 496 g/mol. The standard InChI is InChI=1S/C24H19Cl2N5O3/c1-13-19-21(31(28-13)18-5-4-10-27-22(18)34-3)20(14-6-8-15(25)9-7-14)30(24(19)33)16-11-17(26)23(32)29(2)12-16/h4-12,20H,1-3H3/t20-/m1/s1. The lowest BCUT2D eigenvalue weighted by Crippen LogP contribution is -2.31. The van der Waals surface area contributed by atoms with Gasteiger partial charge in [-0.05, 0) is 42.8 Å². The SMILES string of the molecule is COc1ncccc1-n1nc(C)c2c1[C@@H](c1ccc(Cl)cc1)N(c1cc(Cl)c(=O)n(C)c1)C2=O. The molecule has 10 heteroatoms. The number of fused-ring (bicyclic) bond motifs is 1. The number of carbonyl (C=O) groups is 1. The van der Waals surface area contributed by atoms with E-state index in [1.54, 1.807) is 54.1 Å². The van der Waals surface area contributed by atoms with Crippen molar-refractivity contribution in [3.63, 3.8) is 0 Å². The Kier molecular flexibility index (Phi) is 5.42. The van der Waals surface area contributed by atoms with Crippen molar-refractivity contribution in [2.75, 3.05) is 12.0 Å². The van der Waals surface area contributed by atoms with Crippen LogP contribution in [-0.4, -0.2) is 32.3 Å². The van der Waals surface area contributed by atoms with E-state index >= 15 is 0 Å². The van der Waals surface area contributed by atoms with Crippen molar-refractivity contribution in [3.8, 4) is 11.6 Å². The zero-order valence-electron chi connectivity index (χ0n) is 18.5. The molecule has 1 aliphatic rings. The molecule has 0 saturated carbocycles. The molecule has 8 nitrogen and oxygen atoms in total. The Morgan fingerprint density at radius 3 is 2.50 bits per heavy atom. The summed E-state index contributed by atoms with van der Waals surface area (Å²) < 4.78 is 8.51. The van der Waals surface area contributed by atoms with Gasteiger partial charge in [-0.2, -0.15) is 5.10 Å². The number of aryl methyl sites for hydroxylation is 2. The van der Waals surface area contributed by atoms with Gasteiger partial charge in [0.05, 0.1) is 29.7 Å². The molecule has 1 atom stereocenters. The van der Waals surface area contributed by atoms with Crippen LogP contribution in [0, 0.1) is 6.92 Å². The Morgan fingerprint density at radius 2 is 1.82 bits per heavy atom. The van der Waals surface area contributed by atoms with E-state index in [-0.39, 0.29) is 16.5 Å². The minimum absolute atomic E-state index is 0.0193. The zero-order chi connectivity index (χ0) is 24.1. The first kappa shape index (κ1) is 22.2. The molecule has 1 aliphatic heterocycles. The first-order valence-electron chi connectivity index (χ1n) is 10.4. The fourth-order valence-electron chi connectivity index (χ4n) is 4.31. The summed E-state index contributed by atoms with van der Waals surface area (Å²) in [6.07, 6.45) is 3.22. The molecule has 1 aromatic carbocycles. The van der Waals surface area contributed by atoms with E-state index < -0.39 is 6.04 Å². The van der Waals surface area contributed by atoms with Crippen LogP contribution in [0.2, 0.25) is 10.0 Å². The number of aromatic nitrogens is 4. The molecule has 0 radical (unpaired) electrons. The summed E-state index contributed by atoms with van der Waals surface area (Å²) in [4.78, 5) is 32.0. The van der Waals surface area contributed by atoms with Crippen molar-refractivity contribution in [3.05, 3.63) is 97.8 Å². The Balaban J connectivity index is 1.80. The van der Waals surface area contributed by atoms with Crippen LogP contribution in [0.15, 0.2) is 59.7 Å². The third kappa shape index (κ3) is 3.38. The van der Waals surface area contributed by atoms with Crippen LogP contribution in [0.25, 0.3) is 5.69 Å². The molecule has 172 valence electrons. The Bertz CT molecular complexity index is 1470. The summed E-state index contributed by atoms with van der Waals surface area (Å²) in [7, 11) is 3.12. The monoisotopic (exact) mass is 495 g/mol. The number of benzene rings is 1. The lowest BCUT2D eigenvalue weighted by atomic mass is 10.0. The van der Waals surface area contributed by atoms with E-state index in [9.17, 15) is 9.59 Å². The molecule has 0 spiro atoms. The van der Waals surface area contributed by atoms with Gasteiger partial charge in [-0.3, -0.25) is 14.5 Å². The van der Waals surface area contributed by atoms with E-state index in [0.29, 0.717) is 39.2 Å². The molecular weight excluding hydrogens is 477 g/mol. The van der Waals surface area contributed by atoms with Gasteiger partial charge in [-0.15, -0.1) is 0 Å². The lowest BCUT2D eigenvalue weighted by Gasteiger charge is -2.27. The molecule has 3 aromatic heterocycles. The van der Waals surface area contributed by atoms with E-state index in [4.69, 9.17) is 27.9 Å². The number of nitrogens with zero attached hydrogens (tertiary/aromatic N) is 5. The van der Waals surface area contributed by atoms with E-state index in [1.807, 2.05) is 18.2 Å². The molecule has 0 saturated heterocycles. The van der Waals surface area contributed by atoms with Gasteiger partial charge in [-0.1, -0.05) is 35.3 Å². The molecule has 4 aromatic rings. The number of ether oxygens (including phenoxy) is 1. The maximum Gasteiger partial charge on any atom is 0.269 e. The van der Waals surface area contributed by atoms with Crippen LogP contribution in [0.1, 0.15) is 33.4 Å². The highest BCUT2D eigenvalue weighted by Gasteiger charge is 2.44. The zero-order valence-corrected chi connectivity index (χ0v) is 20.0. The van der Waals surface area contributed by atoms with Crippen molar-refractivity contribution in [1.29, 1.82) is 0 Å². The highest BCUT2D eigenvalue weighted by Crippen LogP contribution is 2.44. The van der Waals surface area contributed by atoms with Gasteiger partial charge < -0.3 is 9.30 Å². The second-order valence-corrected chi connectivity index (χ2v) is 8.72. The number of carbonyl (C=O) groups excluding carboxylic acids is 1. The molecule has 0 N–H and O–H groups in total. The minimum atomic E-state index is -0.570. The van der Waals surface area contributed by atoms with Crippen molar-refractivity contribution in [2.45, 2.75) is 13.0 Å². The predicted molar refractivity (Wildman–Crippen MR) is 129 cm³/mol. The van der Waals surface area contributed by atoms with Crippen LogP contribution < -0.4 is 15.2 Å². The number of rotatable bonds is 4. The van der Waals surface area contributed by atoms with E-state index in [1.165, 1.54) is 17.7 Å². The molecule has 0 bridgehead atoms. The Labute approximate surface area is 204 Å². The van der Waals surface area contributed by atoms with Crippen molar-refractivity contribution in [2.24, 2.45) is 7.05 Å². The van der Waals surface area contributed by atoms with Gasteiger partial charge in [0.1, 0.15) is 16.8 Å². The van der Waals surface area contributed by atoms with Gasteiger partial charge >= 0.3 is 0 Å². The molecule has 4 heterocycles. The summed E-state index contributed by atoms with van der Waals surface area (Å²) >= 11 is 12.4. The molecule has 0 fully saturated rings. The summed E-state index contributed by atoms with van der Waals surface area (Å²) in [5, 5.41) is 5.27. The predicted octanol–water partition coefficient (Wildman–Crippen LogP) is 4.34. The number of anilines is 1. The molecule has 34 heavy (non-hydrogen) atoms. The fourth-order valence-corrected chi connectivity index (χ4v) is 4.68. The second-order valence-electron chi connectivity index (χ2n) is 7.88. The molecule has 5 rings (SSSR count). The number of methoxy groups -OCH3 is 1. The van der Waals surface area contributed by atoms with E-state index in [2.05, 4.69) is 10.1 Å². The average Bonchev–Trinajstić information content (AvgIpc) is 3.32. The maximum absolute atomic E-state index is 13.8. The number of hydrogen-bond acceptors (Lipinski definition) is 5. The smallest absolute Gasteiger partial charge is 0.269 e. The minimum Gasteiger partial charge on any atom is -0.479 e. The number of hydrogen-bond donors (Lipinski definition) is 0. The van der Waals surface area contributed by atoms with Gasteiger partial charge in [0.15, 0.2) is 0 Å². The van der Waals surface area contributed by atoms with Crippen molar-refractivity contribution >= 4 is 34.8 Å². The third-order valence-electron chi connectivity index (χ3n) is 5.81. The van der Waals surface area contributed by atoms with Crippen molar-refractivity contribution in [1.82, 2.24) is 19.3 Å². The molecule has 1 amide bonds. The number of pyridine rings is 2. The highest BCUT2D eigenvalue weighted by atomic mass is 35.5. The van der Waals surface area contributed by atoms with Gasteiger partial charge in [0.25, 0.3) is 11.5 Å². The van der Waals surface area contributed by atoms with Crippen LogP contribution in [0.4, 0.5) is 5.69 Å². The number of halogens is 2. The van der Waals surface area contributed by atoms with E-state index in [0.717, 1.165) is 5.56 Å². The van der Waals surface area contributed by atoms with Gasteiger partial charge in [0.2, 0.25) is 5.88 Å². The third-order valence-corrected chi connectivity index (χ3v) is 6.33. The fraction of sp³-hybridized carbons (Fsp3) is 0.167. The highest BCUT2D eigenvalue weighted by molar-refractivity contribution is 6.31. The Hall–Kier alpha value is -3.62. The van der Waals surface area contributed by atoms with Crippen LogP contribution in [0.3, 0.4) is 0 Å². The topological polar surface area (TPSA) is 82.2 Å². The summed E-state index contributed by atoms with van der Waals surface area (Å²) in [6, 6.07) is 11.8. The quantitative estimate of drug-likeness (QED) is 0.420. The van der Waals surface area contributed by atoms with Crippen molar-refractivity contribution < 1.29 is 9.53 Å². The first-order valence-corrected chi connectivity index (χ1v) is 11.1.